The Morgan fingerprint density at radius 3 is 2.57 bits per heavy atom. The number of likely N-dealkylation sites (N-methyl/N-ethyl adjacent to an activating group) is 1. The van der Waals surface area contributed by atoms with Gasteiger partial charge in [0, 0.05) is 36.0 Å². The van der Waals surface area contributed by atoms with Crippen LogP contribution in [0, 0.1) is 0 Å². The molecule has 0 unspecified atom stereocenters. The molecule has 0 spiro atoms. The van der Waals surface area contributed by atoms with Gasteiger partial charge in [-0.25, -0.2) is 4.79 Å². The monoisotopic (exact) mass is 315 g/mol. The van der Waals surface area contributed by atoms with Crippen LogP contribution < -0.4 is 4.90 Å². The molecule has 5 nitrogen and oxygen atoms in total. The SMILES string of the molecule is CCOC(=O)C(O)=CC(=O)/C=C1/N(C)c2ccccc2C1(C)C. The van der Waals surface area contributed by atoms with E-state index in [9.17, 15) is 14.7 Å². The first-order valence-electron chi connectivity index (χ1n) is 7.46. The number of aliphatic hydroxyl groups excluding tert-OH is 1. The summed E-state index contributed by atoms with van der Waals surface area (Å²) in [6, 6.07) is 7.94. The maximum Gasteiger partial charge on any atom is 0.373 e. The second-order valence-corrected chi connectivity index (χ2v) is 5.88. The van der Waals surface area contributed by atoms with Crippen LogP contribution in [-0.4, -0.2) is 30.5 Å². The predicted octanol–water partition coefficient (Wildman–Crippen LogP) is 2.87. The van der Waals surface area contributed by atoms with E-state index in [0.29, 0.717) is 0 Å². The smallest absolute Gasteiger partial charge is 0.373 e. The van der Waals surface area contributed by atoms with Crippen molar-refractivity contribution in [3.8, 4) is 0 Å². The molecular formula is C18H21NO4. The van der Waals surface area contributed by atoms with Crippen molar-refractivity contribution in [2.75, 3.05) is 18.6 Å². The molecule has 23 heavy (non-hydrogen) atoms. The average molecular weight is 315 g/mol. The summed E-state index contributed by atoms with van der Waals surface area (Å²) in [6.07, 6.45) is 2.33. The number of carbonyl (C=O) groups is 2. The van der Waals surface area contributed by atoms with Crippen molar-refractivity contribution in [1.29, 1.82) is 0 Å². The van der Waals surface area contributed by atoms with E-state index >= 15 is 0 Å². The molecule has 5 heteroatoms. The molecule has 1 aliphatic heterocycles. The van der Waals surface area contributed by atoms with Crippen LogP contribution in [0.4, 0.5) is 5.69 Å². The first kappa shape index (κ1) is 16.8. The van der Waals surface area contributed by atoms with Crippen LogP contribution in [0.2, 0.25) is 0 Å². The number of fused-ring (bicyclic) bond motifs is 1. The number of para-hydroxylation sites is 1. The third kappa shape index (κ3) is 3.13. The fourth-order valence-electron chi connectivity index (χ4n) is 2.83. The third-order valence-electron chi connectivity index (χ3n) is 3.98. The van der Waals surface area contributed by atoms with Crippen molar-refractivity contribution in [3.05, 3.63) is 53.4 Å². The van der Waals surface area contributed by atoms with Crippen molar-refractivity contribution < 1.29 is 19.4 Å². The number of aliphatic hydroxyl groups is 1. The molecule has 0 saturated heterocycles. The summed E-state index contributed by atoms with van der Waals surface area (Å²) in [5.74, 6) is -2.05. The highest BCUT2D eigenvalue weighted by molar-refractivity contribution is 6.05. The van der Waals surface area contributed by atoms with Gasteiger partial charge in [-0.2, -0.15) is 0 Å². The molecule has 0 fully saturated rings. The van der Waals surface area contributed by atoms with E-state index in [-0.39, 0.29) is 12.0 Å². The van der Waals surface area contributed by atoms with Crippen LogP contribution in [0.1, 0.15) is 26.3 Å². The number of anilines is 1. The molecule has 1 aromatic carbocycles. The minimum Gasteiger partial charge on any atom is -0.502 e. The first-order chi connectivity index (χ1) is 10.8. The maximum atomic E-state index is 12.2. The normalized spacial score (nSPS) is 18.0. The van der Waals surface area contributed by atoms with E-state index in [1.165, 1.54) is 6.08 Å². The number of ketones is 1. The van der Waals surface area contributed by atoms with Gasteiger partial charge < -0.3 is 14.7 Å². The van der Waals surface area contributed by atoms with Gasteiger partial charge in [-0.15, -0.1) is 0 Å². The Balaban J connectivity index is 2.32. The molecule has 0 bridgehead atoms. The second kappa shape index (κ2) is 6.28. The molecule has 1 heterocycles. The van der Waals surface area contributed by atoms with Crippen molar-refractivity contribution in [1.82, 2.24) is 0 Å². The molecular weight excluding hydrogens is 294 g/mol. The van der Waals surface area contributed by atoms with Crippen LogP contribution in [0.5, 0.6) is 0 Å². The maximum absolute atomic E-state index is 12.2. The van der Waals surface area contributed by atoms with Gasteiger partial charge in [-0.05, 0) is 18.6 Å². The number of allylic oxidation sites excluding steroid dienone is 3. The lowest BCUT2D eigenvalue weighted by molar-refractivity contribution is -0.141. The highest BCUT2D eigenvalue weighted by atomic mass is 16.5. The molecule has 0 radical (unpaired) electrons. The molecule has 0 aromatic heterocycles. The van der Waals surface area contributed by atoms with Gasteiger partial charge in [0.1, 0.15) is 0 Å². The van der Waals surface area contributed by atoms with Gasteiger partial charge in [0.05, 0.1) is 6.61 Å². The topological polar surface area (TPSA) is 66.8 Å². The summed E-state index contributed by atoms with van der Waals surface area (Å²) in [5.41, 5.74) is 2.63. The number of nitrogens with zero attached hydrogens (tertiary/aromatic N) is 1. The predicted molar refractivity (Wildman–Crippen MR) is 88.3 cm³/mol. The number of hydrogen-bond acceptors (Lipinski definition) is 5. The van der Waals surface area contributed by atoms with Crippen molar-refractivity contribution in [2.45, 2.75) is 26.2 Å². The number of carbonyl (C=O) groups excluding carboxylic acids is 2. The van der Waals surface area contributed by atoms with Crippen molar-refractivity contribution in [2.24, 2.45) is 0 Å². The zero-order chi connectivity index (χ0) is 17.2. The Morgan fingerprint density at radius 1 is 1.30 bits per heavy atom. The highest BCUT2D eigenvalue weighted by Crippen LogP contribution is 2.46. The summed E-state index contributed by atoms with van der Waals surface area (Å²) >= 11 is 0. The Kier molecular flexibility index (Phi) is 4.59. The number of hydrogen-bond donors (Lipinski definition) is 1. The summed E-state index contributed by atoms with van der Waals surface area (Å²) in [6.45, 7) is 5.83. The number of esters is 1. The number of ether oxygens (including phenoxy) is 1. The highest BCUT2D eigenvalue weighted by Gasteiger charge is 2.38. The summed E-state index contributed by atoms with van der Waals surface area (Å²) in [4.78, 5) is 25.5. The zero-order valence-electron chi connectivity index (χ0n) is 13.8. The van der Waals surface area contributed by atoms with E-state index in [1.54, 1.807) is 6.92 Å². The molecule has 1 N–H and O–H groups in total. The lowest BCUT2D eigenvalue weighted by atomic mass is 9.83. The van der Waals surface area contributed by atoms with Gasteiger partial charge in [-0.3, -0.25) is 4.79 Å². The van der Waals surface area contributed by atoms with E-state index < -0.39 is 17.5 Å². The minimum absolute atomic E-state index is 0.136. The summed E-state index contributed by atoms with van der Waals surface area (Å²) in [7, 11) is 1.89. The molecule has 1 aliphatic rings. The molecule has 122 valence electrons. The quantitative estimate of drug-likeness (QED) is 0.526. The average Bonchev–Trinajstić information content (AvgIpc) is 2.69. The van der Waals surface area contributed by atoms with Gasteiger partial charge >= 0.3 is 5.97 Å². The van der Waals surface area contributed by atoms with Crippen LogP contribution in [-0.2, 0) is 19.7 Å². The lowest BCUT2D eigenvalue weighted by Gasteiger charge is -2.23. The summed E-state index contributed by atoms with van der Waals surface area (Å²) in [5, 5.41) is 9.59. The van der Waals surface area contributed by atoms with Crippen molar-refractivity contribution in [3.63, 3.8) is 0 Å². The number of benzene rings is 1. The van der Waals surface area contributed by atoms with E-state index in [1.807, 2.05) is 50.1 Å². The van der Waals surface area contributed by atoms with E-state index in [4.69, 9.17) is 0 Å². The third-order valence-corrected chi connectivity index (χ3v) is 3.98. The minimum atomic E-state index is -0.901. The van der Waals surface area contributed by atoms with Crippen LogP contribution in [0.3, 0.4) is 0 Å². The Bertz CT molecular complexity index is 701. The van der Waals surface area contributed by atoms with E-state index in [0.717, 1.165) is 23.0 Å². The molecule has 0 aliphatic carbocycles. The van der Waals surface area contributed by atoms with Gasteiger partial charge in [0.25, 0.3) is 0 Å². The summed E-state index contributed by atoms with van der Waals surface area (Å²) < 4.78 is 4.65. The Labute approximate surface area is 135 Å². The van der Waals surface area contributed by atoms with Crippen LogP contribution >= 0.6 is 0 Å². The van der Waals surface area contributed by atoms with Crippen LogP contribution in [0.15, 0.2) is 47.9 Å². The molecule has 0 atom stereocenters. The number of rotatable bonds is 4. The second-order valence-electron chi connectivity index (χ2n) is 5.88. The zero-order valence-corrected chi connectivity index (χ0v) is 13.8. The van der Waals surface area contributed by atoms with Crippen LogP contribution in [0.25, 0.3) is 0 Å². The molecule has 1 aromatic rings. The van der Waals surface area contributed by atoms with Gasteiger partial charge in [0.2, 0.25) is 5.76 Å². The fourth-order valence-corrected chi connectivity index (χ4v) is 2.83. The standard InChI is InChI=1S/C18H21NO4/c1-5-23-17(22)15(21)10-12(20)11-16-18(2,3)13-8-6-7-9-14(13)19(16)4/h6-11,21H,5H2,1-4H3/b15-10?,16-11+. The molecule has 0 saturated carbocycles. The molecule has 2 rings (SSSR count). The molecule has 0 amide bonds. The largest absolute Gasteiger partial charge is 0.502 e. The van der Waals surface area contributed by atoms with Crippen molar-refractivity contribution >= 4 is 17.4 Å². The van der Waals surface area contributed by atoms with Gasteiger partial charge in [-0.1, -0.05) is 32.0 Å². The Morgan fingerprint density at radius 2 is 1.96 bits per heavy atom. The first-order valence-corrected chi connectivity index (χ1v) is 7.46. The van der Waals surface area contributed by atoms with Gasteiger partial charge in [0.15, 0.2) is 5.78 Å². The van der Waals surface area contributed by atoms with E-state index in [2.05, 4.69) is 4.74 Å². The Hall–Kier alpha value is -2.56. The lowest BCUT2D eigenvalue weighted by Crippen LogP contribution is -2.24. The fraction of sp³-hybridized carbons (Fsp3) is 0.333.